The molecule has 2 aromatic carbocycles. The van der Waals surface area contributed by atoms with Crippen LogP contribution in [0.15, 0.2) is 64.1 Å². The number of hydrogen-bond acceptors (Lipinski definition) is 3. The van der Waals surface area contributed by atoms with Crippen LogP contribution in [0.1, 0.15) is 12.8 Å². The minimum atomic E-state index is -2.94. The summed E-state index contributed by atoms with van der Waals surface area (Å²) in [5.41, 5.74) is 0. The smallest absolute Gasteiger partial charge is 0.181 e. The lowest BCUT2D eigenvalue weighted by Crippen LogP contribution is -2.31. The second kappa shape index (κ2) is 4.62. The molecular formula is C18H12BrO3P. The van der Waals surface area contributed by atoms with Gasteiger partial charge in [0.25, 0.3) is 0 Å². The van der Waals surface area contributed by atoms with E-state index in [0.717, 1.165) is 33.7 Å². The van der Waals surface area contributed by atoms with Crippen molar-refractivity contribution in [2.24, 2.45) is 0 Å². The molecule has 2 aliphatic heterocycles. The van der Waals surface area contributed by atoms with Gasteiger partial charge in [0.2, 0.25) is 0 Å². The highest BCUT2D eigenvalue weighted by Crippen LogP contribution is 2.65. The van der Waals surface area contributed by atoms with Gasteiger partial charge in [0.05, 0.1) is 9.78 Å². The van der Waals surface area contributed by atoms with Crippen LogP contribution in [-0.4, -0.2) is 0 Å². The SMILES string of the molecule is O=P12C3=C(C=CCC3)Oc3c(Br)ccc(c31)Oc1ccccc12. The molecular weight excluding hydrogens is 375 g/mol. The van der Waals surface area contributed by atoms with E-state index in [1.165, 1.54) is 0 Å². The van der Waals surface area contributed by atoms with Crippen molar-refractivity contribution in [3.63, 3.8) is 0 Å². The van der Waals surface area contributed by atoms with Gasteiger partial charge in [-0.25, -0.2) is 0 Å². The fourth-order valence-corrected chi connectivity index (χ4v) is 7.32. The van der Waals surface area contributed by atoms with Crippen molar-refractivity contribution in [2.45, 2.75) is 12.8 Å². The van der Waals surface area contributed by atoms with E-state index in [9.17, 15) is 4.57 Å². The topological polar surface area (TPSA) is 35.5 Å². The number of halogens is 1. The van der Waals surface area contributed by atoms with Gasteiger partial charge >= 0.3 is 0 Å². The van der Waals surface area contributed by atoms with Gasteiger partial charge in [0.15, 0.2) is 12.9 Å². The van der Waals surface area contributed by atoms with E-state index < -0.39 is 7.14 Å². The average molecular weight is 387 g/mol. The molecule has 5 heteroatoms. The van der Waals surface area contributed by atoms with Crippen LogP contribution in [0, 0.1) is 0 Å². The summed E-state index contributed by atoms with van der Waals surface area (Å²) in [4.78, 5) is 0. The molecule has 3 aliphatic rings. The van der Waals surface area contributed by atoms with E-state index in [2.05, 4.69) is 22.0 Å². The van der Waals surface area contributed by atoms with Crippen LogP contribution in [-0.2, 0) is 4.57 Å². The molecule has 114 valence electrons. The highest BCUT2D eigenvalue weighted by atomic mass is 79.9. The van der Waals surface area contributed by atoms with Crippen molar-refractivity contribution in [3.8, 4) is 17.2 Å². The number of benzene rings is 2. The summed E-state index contributed by atoms with van der Waals surface area (Å²) in [6, 6.07) is 11.4. The third-order valence-corrected chi connectivity index (χ3v) is 8.41. The van der Waals surface area contributed by atoms with E-state index in [1.807, 2.05) is 42.5 Å². The molecule has 0 spiro atoms. The van der Waals surface area contributed by atoms with Gasteiger partial charge in [-0.2, -0.15) is 0 Å². The number of rotatable bonds is 0. The summed E-state index contributed by atoms with van der Waals surface area (Å²) in [5, 5.41) is 2.38. The second-order valence-electron chi connectivity index (χ2n) is 5.76. The molecule has 0 fully saturated rings. The van der Waals surface area contributed by atoms with E-state index >= 15 is 0 Å². The molecule has 0 N–H and O–H groups in total. The van der Waals surface area contributed by atoms with Crippen molar-refractivity contribution in [3.05, 3.63) is 64.1 Å². The lowest BCUT2D eigenvalue weighted by atomic mass is 10.1. The molecule has 1 atom stereocenters. The highest BCUT2D eigenvalue weighted by molar-refractivity contribution is 9.10. The molecule has 2 heterocycles. The Kier molecular flexibility index (Phi) is 2.74. The first kappa shape index (κ1) is 13.6. The van der Waals surface area contributed by atoms with Crippen molar-refractivity contribution >= 4 is 33.7 Å². The minimum Gasteiger partial charge on any atom is -0.456 e. The fourth-order valence-electron chi connectivity index (χ4n) is 3.47. The van der Waals surface area contributed by atoms with E-state index in [4.69, 9.17) is 9.47 Å². The van der Waals surface area contributed by atoms with Crippen LogP contribution in [0.3, 0.4) is 0 Å². The first-order valence-corrected chi connectivity index (χ1v) is 9.98. The summed E-state index contributed by atoms with van der Waals surface area (Å²) in [5.74, 6) is 2.65. The van der Waals surface area contributed by atoms with Crippen LogP contribution in [0.5, 0.6) is 17.2 Å². The maximum Gasteiger partial charge on any atom is 0.181 e. The standard InChI is InChI=1S/C18H12BrO3P/c19-11-9-10-14-18-17(11)22-13-6-2-4-8-16(13)23(18,20)15-7-3-1-5-12(15)21-14/h1-3,5-7,9-10H,4,8H2. The van der Waals surface area contributed by atoms with Crippen molar-refractivity contribution in [2.75, 3.05) is 0 Å². The highest BCUT2D eigenvalue weighted by Gasteiger charge is 2.47. The number of hydrogen-bond donors (Lipinski definition) is 0. The summed E-state index contributed by atoms with van der Waals surface area (Å²) in [6.45, 7) is 0. The van der Waals surface area contributed by atoms with Gasteiger partial charge in [0.1, 0.15) is 22.6 Å². The zero-order chi connectivity index (χ0) is 15.6. The predicted molar refractivity (Wildman–Crippen MR) is 93.6 cm³/mol. The number of allylic oxidation sites excluding steroid dienone is 3. The van der Waals surface area contributed by atoms with Gasteiger partial charge < -0.3 is 14.0 Å². The second-order valence-corrected chi connectivity index (χ2v) is 9.30. The van der Waals surface area contributed by atoms with Crippen LogP contribution in [0.4, 0.5) is 0 Å². The molecule has 0 saturated heterocycles. The molecule has 2 aromatic rings. The molecule has 23 heavy (non-hydrogen) atoms. The largest absolute Gasteiger partial charge is 0.456 e. The van der Waals surface area contributed by atoms with Crippen LogP contribution >= 0.6 is 23.1 Å². The van der Waals surface area contributed by atoms with E-state index in [-0.39, 0.29) is 0 Å². The summed E-state index contributed by atoms with van der Waals surface area (Å²) in [7, 11) is -2.94. The summed E-state index contributed by atoms with van der Waals surface area (Å²) < 4.78 is 27.3. The number of ether oxygens (including phenoxy) is 2. The van der Waals surface area contributed by atoms with Gasteiger partial charge in [-0.05, 0) is 59.1 Å². The Hall–Kier alpha value is -1.77. The van der Waals surface area contributed by atoms with Gasteiger partial charge in [-0.3, -0.25) is 0 Å². The Morgan fingerprint density at radius 2 is 1.91 bits per heavy atom. The normalized spacial score (nSPS) is 23.3. The Bertz CT molecular complexity index is 974. The molecule has 1 unspecified atom stereocenters. The molecule has 5 rings (SSSR count). The number of para-hydroxylation sites is 1. The van der Waals surface area contributed by atoms with Gasteiger partial charge in [-0.15, -0.1) is 0 Å². The van der Waals surface area contributed by atoms with Crippen molar-refractivity contribution < 1.29 is 14.0 Å². The lowest BCUT2D eigenvalue weighted by Gasteiger charge is -2.36. The first-order valence-electron chi connectivity index (χ1n) is 7.48. The first-order chi connectivity index (χ1) is 11.2. The van der Waals surface area contributed by atoms with Gasteiger partial charge in [-0.1, -0.05) is 18.2 Å². The molecule has 0 radical (unpaired) electrons. The molecule has 1 aliphatic carbocycles. The number of fused-ring (bicyclic) bond motifs is 3. The van der Waals surface area contributed by atoms with Gasteiger partial charge in [0, 0.05) is 5.31 Å². The molecule has 0 saturated carbocycles. The van der Waals surface area contributed by atoms with E-state index in [0.29, 0.717) is 22.6 Å². The Labute approximate surface area is 142 Å². The Morgan fingerprint density at radius 3 is 2.83 bits per heavy atom. The summed E-state index contributed by atoms with van der Waals surface area (Å²) >= 11 is 3.53. The third-order valence-electron chi connectivity index (χ3n) is 4.48. The quantitative estimate of drug-likeness (QED) is 0.608. The van der Waals surface area contributed by atoms with Crippen LogP contribution in [0.25, 0.3) is 0 Å². The van der Waals surface area contributed by atoms with E-state index in [1.54, 1.807) is 0 Å². The molecule has 0 amide bonds. The third kappa shape index (κ3) is 1.68. The molecule has 0 aromatic heterocycles. The maximum absolute atomic E-state index is 14.4. The molecule has 0 bridgehead atoms. The van der Waals surface area contributed by atoms with Crippen LogP contribution < -0.4 is 20.1 Å². The van der Waals surface area contributed by atoms with Crippen molar-refractivity contribution in [1.29, 1.82) is 0 Å². The average Bonchev–Trinajstić information content (AvgIpc) is 2.58. The lowest BCUT2D eigenvalue weighted by molar-refractivity contribution is 0.423. The predicted octanol–water partition coefficient (Wildman–Crippen LogP) is 4.82. The monoisotopic (exact) mass is 386 g/mol. The zero-order valence-electron chi connectivity index (χ0n) is 12.1. The fraction of sp³-hybridized carbons (Fsp3) is 0.111. The maximum atomic E-state index is 14.4. The van der Waals surface area contributed by atoms with Crippen molar-refractivity contribution in [1.82, 2.24) is 0 Å². The zero-order valence-corrected chi connectivity index (χ0v) is 14.6. The Balaban J connectivity index is 1.94. The Morgan fingerprint density at radius 1 is 1.04 bits per heavy atom. The summed E-state index contributed by atoms with van der Waals surface area (Å²) in [6.07, 6.45) is 5.65. The molecule has 3 nitrogen and oxygen atoms in total. The van der Waals surface area contributed by atoms with Crippen LogP contribution in [0.2, 0.25) is 0 Å². The minimum absolute atomic E-state index is 0.616.